The molecular weight excluding hydrogens is 542 g/mol. The summed E-state index contributed by atoms with van der Waals surface area (Å²) >= 11 is 5.85. The van der Waals surface area contributed by atoms with Crippen molar-refractivity contribution in [1.29, 1.82) is 0 Å². The molecule has 16 heteroatoms. The number of sulfonamides is 1. The summed E-state index contributed by atoms with van der Waals surface area (Å²) in [6.07, 6.45) is -2.74. The minimum Gasteiger partial charge on any atom is -0.475 e. The van der Waals surface area contributed by atoms with E-state index in [1.807, 2.05) is 4.72 Å². The molecule has 0 aliphatic rings. The highest BCUT2D eigenvalue weighted by atomic mass is 35.5. The second kappa shape index (κ2) is 11.4. The van der Waals surface area contributed by atoms with E-state index in [0.29, 0.717) is 5.02 Å². The Bertz CT molecular complexity index is 1320. The molecule has 0 saturated heterocycles. The third kappa shape index (κ3) is 7.71. The minimum absolute atomic E-state index is 0.0761. The Kier molecular flexibility index (Phi) is 9.10. The van der Waals surface area contributed by atoms with Gasteiger partial charge in [-0.15, -0.1) is 0 Å². The number of nitrogens with one attached hydrogen (secondary N) is 2. The fraction of sp³-hybridized carbons (Fsp3) is 0.150. The number of benzene rings is 2. The fourth-order valence-electron chi connectivity index (χ4n) is 2.61. The number of anilines is 2. The van der Waals surface area contributed by atoms with Crippen molar-refractivity contribution < 1.29 is 44.7 Å². The van der Waals surface area contributed by atoms with Gasteiger partial charge in [0.25, 0.3) is 10.0 Å². The Labute approximate surface area is 205 Å². The Morgan fingerprint density at radius 3 is 2.14 bits per heavy atom. The Morgan fingerprint density at radius 2 is 1.64 bits per heavy atom. The molecule has 0 amide bonds. The number of rotatable bonds is 6. The van der Waals surface area contributed by atoms with Crippen LogP contribution in [0.2, 0.25) is 5.02 Å². The van der Waals surface area contributed by atoms with Crippen LogP contribution in [0, 0.1) is 17.5 Å². The van der Waals surface area contributed by atoms with Crippen LogP contribution in [0.3, 0.4) is 0 Å². The first-order valence-corrected chi connectivity index (χ1v) is 11.3. The van der Waals surface area contributed by atoms with Crippen molar-refractivity contribution in [2.75, 3.05) is 10.0 Å². The third-order valence-corrected chi connectivity index (χ3v) is 5.78. The summed E-state index contributed by atoms with van der Waals surface area (Å²) in [6.45, 7) is 1.56. The number of nitrogens with zero attached hydrogens (tertiary/aromatic N) is 2. The Balaban J connectivity index is 0.000000572. The maximum atomic E-state index is 14.5. The predicted molar refractivity (Wildman–Crippen MR) is 116 cm³/mol. The number of aliphatic carboxylic acids is 1. The molecule has 1 atom stereocenters. The number of hydrogen-bond donors (Lipinski definition) is 3. The zero-order chi connectivity index (χ0) is 27.3. The van der Waals surface area contributed by atoms with Crippen molar-refractivity contribution in [3.8, 4) is 0 Å². The van der Waals surface area contributed by atoms with E-state index in [1.54, 1.807) is 6.92 Å². The molecule has 8 nitrogen and oxygen atoms in total. The molecule has 0 bridgehead atoms. The lowest BCUT2D eigenvalue weighted by atomic mass is 10.1. The molecule has 3 aromatic rings. The second-order valence-corrected chi connectivity index (χ2v) is 8.86. The van der Waals surface area contributed by atoms with Crippen LogP contribution in [0.5, 0.6) is 0 Å². The molecule has 1 unspecified atom stereocenters. The molecule has 36 heavy (non-hydrogen) atoms. The largest absolute Gasteiger partial charge is 0.490 e. The van der Waals surface area contributed by atoms with Gasteiger partial charge in [0.05, 0.1) is 6.04 Å². The average molecular weight is 557 g/mol. The molecule has 0 spiro atoms. The molecule has 3 rings (SSSR count). The lowest BCUT2D eigenvalue weighted by molar-refractivity contribution is -0.192. The van der Waals surface area contributed by atoms with E-state index in [1.165, 1.54) is 30.5 Å². The van der Waals surface area contributed by atoms with E-state index in [-0.39, 0.29) is 17.1 Å². The van der Waals surface area contributed by atoms with Crippen LogP contribution in [0.4, 0.5) is 37.8 Å². The molecule has 2 aromatic carbocycles. The summed E-state index contributed by atoms with van der Waals surface area (Å²) in [6, 6.07) is 6.06. The monoisotopic (exact) mass is 556 g/mol. The van der Waals surface area contributed by atoms with Crippen LogP contribution >= 0.6 is 11.6 Å². The highest BCUT2D eigenvalue weighted by Gasteiger charge is 2.38. The van der Waals surface area contributed by atoms with Crippen LogP contribution in [0.1, 0.15) is 18.5 Å². The van der Waals surface area contributed by atoms with E-state index in [9.17, 15) is 34.8 Å². The zero-order valence-electron chi connectivity index (χ0n) is 17.8. The quantitative estimate of drug-likeness (QED) is 0.359. The van der Waals surface area contributed by atoms with Gasteiger partial charge < -0.3 is 10.4 Å². The predicted octanol–water partition coefficient (Wildman–Crippen LogP) is 5.15. The highest BCUT2D eigenvalue weighted by Crippen LogP contribution is 2.29. The van der Waals surface area contributed by atoms with Gasteiger partial charge >= 0.3 is 12.1 Å². The second-order valence-electron chi connectivity index (χ2n) is 6.80. The number of carboxylic acid groups (broad SMARTS) is 1. The van der Waals surface area contributed by atoms with Crippen molar-refractivity contribution >= 4 is 39.1 Å². The first-order valence-electron chi connectivity index (χ1n) is 9.41. The number of carboxylic acids is 1. The molecule has 0 fully saturated rings. The van der Waals surface area contributed by atoms with Crippen molar-refractivity contribution in [2.24, 2.45) is 0 Å². The molecule has 0 saturated carbocycles. The summed E-state index contributed by atoms with van der Waals surface area (Å²) in [5.41, 5.74) is 0.105. The van der Waals surface area contributed by atoms with Gasteiger partial charge in [0.1, 0.15) is 29.6 Å². The highest BCUT2D eigenvalue weighted by molar-refractivity contribution is 7.92. The van der Waals surface area contributed by atoms with E-state index in [2.05, 4.69) is 15.3 Å². The third-order valence-electron chi connectivity index (χ3n) is 4.14. The molecule has 1 aromatic heterocycles. The van der Waals surface area contributed by atoms with E-state index in [0.717, 1.165) is 18.5 Å². The molecule has 0 aliphatic heterocycles. The number of alkyl halides is 3. The minimum atomic E-state index is -5.08. The summed E-state index contributed by atoms with van der Waals surface area (Å²) in [5.74, 6) is -6.11. The maximum Gasteiger partial charge on any atom is 0.490 e. The SMILES string of the molecule is CC(Nc1cc(F)c(S(=O)(=O)Nc2ccncn2)c(F)c1)c1cc(Cl)ccc1F.O=C(O)C(F)(F)F. The molecule has 0 aliphatic carbocycles. The molecule has 1 heterocycles. The molecular formula is C20H15ClF6N4O4S. The summed E-state index contributed by atoms with van der Waals surface area (Å²) in [4.78, 5) is 15.0. The number of carbonyl (C=O) groups is 1. The normalized spacial score (nSPS) is 12.2. The van der Waals surface area contributed by atoms with Crippen LogP contribution in [-0.2, 0) is 14.8 Å². The van der Waals surface area contributed by atoms with Gasteiger partial charge in [-0.3, -0.25) is 4.72 Å². The van der Waals surface area contributed by atoms with E-state index in [4.69, 9.17) is 21.5 Å². The Morgan fingerprint density at radius 1 is 1.06 bits per heavy atom. The standard InChI is InChI=1S/C18H14ClF3N4O2S.C2HF3O2/c1-10(13-6-11(19)2-3-14(13)20)25-12-7-15(21)18(16(22)8-12)29(27,28)26-17-4-5-23-9-24-17;3-2(4,5)1(6)7/h2-10,25H,1H3,(H,23,24,26);(H,6,7). The van der Waals surface area contributed by atoms with Crippen molar-refractivity contribution in [1.82, 2.24) is 9.97 Å². The van der Waals surface area contributed by atoms with Gasteiger partial charge in [-0.1, -0.05) is 11.6 Å². The van der Waals surface area contributed by atoms with Gasteiger partial charge in [0.2, 0.25) is 0 Å². The van der Waals surface area contributed by atoms with E-state index < -0.39 is 50.6 Å². The number of hydrogen-bond acceptors (Lipinski definition) is 6. The van der Waals surface area contributed by atoms with Crippen LogP contribution in [-0.4, -0.2) is 35.6 Å². The van der Waals surface area contributed by atoms with Crippen LogP contribution < -0.4 is 10.0 Å². The molecule has 0 radical (unpaired) electrons. The lowest BCUT2D eigenvalue weighted by Gasteiger charge is -2.18. The van der Waals surface area contributed by atoms with E-state index >= 15 is 0 Å². The first kappa shape index (κ1) is 28.6. The maximum absolute atomic E-state index is 14.5. The zero-order valence-corrected chi connectivity index (χ0v) is 19.4. The Hall–Kier alpha value is -3.59. The van der Waals surface area contributed by atoms with Crippen molar-refractivity contribution in [3.05, 3.63) is 77.0 Å². The molecule has 3 N–H and O–H groups in total. The average Bonchev–Trinajstić information content (AvgIpc) is 2.74. The topological polar surface area (TPSA) is 121 Å². The van der Waals surface area contributed by atoms with Crippen LogP contribution in [0.25, 0.3) is 0 Å². The summed E-state index contributed by atoms with van der Waals surface area (Å²) < 4.78 is 101. The summed E-state index contributed by atoms with van der Waals surface area (Å²) in [5, 5.41) is 10.1. The van der Waals surface area contributed by atoms with Crippen LogP contribution in [0.15, 0.2) is 53.8 Å². The van der Waals surface area contributed by atoms with Gasteiger partial charge in [0, 0.05) is 22.5 Å². The lowest BCUT2D eigenvalue weighted by Crippen LogP contribution is -2.21. The van der Waals surface area contributed by atoms with Gasteiger partial charge in [-0.05, 0) is 43.3 Å². The summed E-state index contributed by atoms with van der Waals surface area (Å²) in [7, 11) is -4.58. The van der Waals surface area contributed by atoms with Crippen molar-refractivity contribution in [3.63, 3.8) is 0 Å². The van der Waals surface area contributed by atoms with Gasteiger partial charge in [-0.2, -0.15) is 13.2 Å². The number of halogens is 7. The smallest absolute Gasteiger partial charge is 0.475 e. The first-order chi connectivity index (χ1) is 16.6. The van der Waals surface area contributed by atoms with Crippen molar-refractivity contribution in [2.45, 2.75) is 24.0 Å². The number of aromatic nitrogens is 2. The molecule has 194 valence electrons. The fourth-order valence-corrected chi connectivity index (χ4v) is 3.92. The van der Waals surface area contributed by atoms with Gasteiger partial charge in [0.15, 0.2) is 4.90 Å². The van der Waals surface area contributed by atoms with Gasteiger partial charge in [-0.25, -0.2) is 36.4 Å².